The summed E-state index contributed by atoms with van der Waals surface area (Å²) in [4.78, 5) is 0. The molecule has 1 aliphatic carbocycles. The highest BCUT2D eigenvalue weighted by atomic mass is 19.1. The molecule has 1 N–H and O–H groups in total. The highest BCUT2D eigenvalue weighted by molar-refractivity contribution is 5.17. The highest BCUT2D eigenvalue weighted by Gasteiger charge is 2.39. The van der Waals surface area contributed by atoms with E-state index in [4.69, 9.17) is 0 Å². The average Bonchev–Trinajstić information content (AvgIpc) is 2.98. The van der Waals surface area contributed by atoms with Gasteiger partial charge >= 0.3 is 0 Å². The Morgan fingerprint density at radius 1 is 1.29 bits per heavy atom. The fourth-order valence-electron chi connectivity index (χ4n) is 1.81. The van der Waals surface area contributed by atoms with Gasteiger partial charge in [-0.3, -0.25) is 0 Å². The van der Waals surface area contributed by atoms with Gasteiger partial charge in [-0.15, -0.1) is 0 Å². The first-order valence-electron chi connectivity index (χ1n) is 5.17. The van der Waals surface area contributed by atoms with Crippen molar-refractivity contribution in [3.63, 3.8) is 0 Å². The molecule has 14 heavy (non-hydrogen) atoms. The molecule has 2 heteroatoms. The van der Waals surface area contributed by atoms with Gasteiger partial charge in [-0.25, -0.2) is 4.39 Å². The van der Waals surface area contributed by atoms with E-state index in [9.17, 15) is 4.39 Å². The smallest absolute Gasteiger partial charge is 0.123 e. The summed E-state index contributed by atoms with van der Waals surface area (Å²) in [5, 5.41) is 3.36. The summed E-state index contributed by atoms with van der Waals surface area (Å²) < 4.78 is 12.6. The molecule has 0 heterocycles. The van der Waals surface area contributed by atoms with Crippen LogP contribution in [-0.2, 0) is 6.42 Å². The number of nitrogens with one attached hydrogen (secondary N) is 1. The molecule has 0 aliphatic heterocycles. The van der Waals surface area contributed by atoms with E-state index < -0.39 is 0 Å². The van der Waals surface area contributed by atoms with E-state index in [2.05, 4.69) is 5.32 Å². The maximum absolute atomic E-state index is 12.6. The zero-order valence-corrected chi connectivity index (χ0v) is 8.52. The summed E-state index contributed by atoms with van der Waals surface area (Å²) in [5.41, 5.74) is 1.63. The third-order valence-corrected chi connectivity index (χ3v) is 3.19. The van der Waals surface area contributed by atoms with Crippen molar-refractivity contribution in [3.8, 4) is 0 Å². The Hall–Kier alpha value is -0.890. The third kappa shape index (κ3) is 2.13. The van der Waals surface area contributed by atoms with Crippen molar-refractivity contribution >= 4 is 0 Å². The quantitative estimate of drug-likeness (QED) is 0.774. The van der Waals surface area contributed by atoms with Crippen LogP contribution in [0.25, 0.3) is 0 Å². The van der Waals surface area contributed by atoms with E-state index in [1.165, 1.54) is 30.5 Å². The monoisotopic (exact) mass is 193 g/mol. The number of rotatable bonds is 4. The first kappa shape index (κ1) is 9.66. The molecule has 0 bridgehead atoms. The number of hydrogen-bond acceptors (Lipinski definition) is 1. The van der Waals surface area contributed by atoms with Gasteiger partial charge in [0.05, 0.1) is 0 Å². The fourth-order valence-corrected chi connectivity index (χ4v) is 1.81. The Morgan fingerprint density at radius 2 is 1.93 bits per heavy atom. The molecular weight excluding hydrogens is 177 g/mol. The zero-order valence-electron chi connectivity index (χ0n) is 8.52. The molecular formula is C12H16FN. The van der Waals surface area contributed by atoms with Crippen LogP contribution in [0.15, 0.2) is 24.3 Å². The molecule has 0 aromatic heterocycles. The number of aryl methyl sites for hydroxylation is 1. The van der Waals surface area contributed by atoms with Crippen molar-refractivity contribution in [1.82, 2.24) is 5.32 Å². The molecule has 0 atom stereocenters. The van der Waals surface area contributed by atoms with Crippen LogP contribution in [0.4, 0.5) is 4.39 Å². The van der Waals surface area contributed by atoms with Gasteiger partial charge in [-0.1, -0.05) is 12.1 Å². The molecule has 1 aromatic rings. The second-order valence-corrected chi connectivity index (χ2v) is 4.16. The maximum Gasteiger partial charge on any atom is 0.123 e. The zero-order chi connectivity index (χ0) is 10.0. The molecule has 0 radical (unpaired) electrons. The predicted molar refractivity (Wildman–Crippen MR) is 55.7 cm³/mol. The Morgan fingerprint density at radius 3 is 2.43 bits per heavy atom. The topological polar surface area (TPSA) is 12.0 Å². The Bertz CT molecular complexity index is 301. The van der Waals surface area contributed by atoms with Gasteiger partial charge in [-0.05, 0) is 50.4 Å². The second kappa shape index (κ2) is 3.70. The maximum atomic E-state index is 12.6. The van der Waals surface area contributed by atoms with Crippen LogP contribution in [0.3, 0.4) is 0 Å². The van der Waals surface area contributed by atoms with Crippen LogP contribution in [-0.4, -0.2) is 12.6 Å². The van der Waals surface area contributed by atoms with Crippen molar-refractivity contribution < 1.29 is 4.39 Å². The van der Waals surface area contributed by atoms with E-state index in [0.717, 1.165) is 12.8 Å². The van der Waals surface area contributed by atoms with Crippen molar-refractivity contribution in [2.24, 2.45) is 0 Å². The van der Waals surface area contributed by atoms with Gasteiger partial charge in [0.25, 0.3) is 0 Å². The summed E-state index contributed by atoms with van der Waals surface area (Å²) in [6.07, 6.45) is 4.77. The summed E-state index contributed by atoms with van der Waals surface area (Å²) in [6.45, 7) is 0. The van der Waals surface area contributed by atoms with Gasteiger partial charge in [0, 0.05) is 5.54 Å². The minimum Gasteiger partial charge on any atom is -0.314 e. The average molecular weight is 193 g/mol. The van der Waals surface area contributed by atoms with E-state index >= 15 is 0 Å². The van der Waals surface area contributed by atoms with Gasteiger partial charge < -0.3 is 5.32 Å². The summed E-state index contributed by atoms with van der Waals surface area (Å²) in [6, 6.07) is 6.82. The number of benzene rings is 1. The molecule has 76 valence electrons. The molecule has 0 spiro atoms. The van der Waals surface area contributed by atoms with Crippen molar-refractivity contribution in [2.75, 3.05) is 7.05 Å². The normalized spacial score (nSPS) is 18.1. The first-order chi connectivity index (χ1) is 6.74. The molecule has 1 aliphatic rings. The van der Waals surface area contributed by atoms with Crippen molar-refractivity contribution in [1.29, 1.82) is 0 Å². The fraction of sp³-hybridized carbons (Fsp3) is 0.500. The molecule has 0 unspecified atom stereocenters. The van der Waals surface area contributed by atoms with Crippen molar-refractivity contribution in [2.45, 2.75) is 31.2 Å². The molecule has 1 fully saturated rings. The van der Waals surface area contributed by atoms with Crippen LogP contribution in [0, 0.1) is 5.82 Å². The van der Waals surface area contributed by atoms with Gasteiger partial charge in [-0.2, -0.15) is 0 Å². The lowest BCUT2D eigenvalue weighted by Crippen LogP contribution is -2.27. The van der Waals surface area contributed by atoms with Crippen LogP contribution in [0.5, 0.6) is 0 Å². The Balaban J connectivity index is 1.89. The Kier molecular flexibility index (Phi) is 2.55. The summed E-state index contributed by atoms with van der Waals surface area (Å²) in [5.74, 6) is -0.150. The first-order valence-corrected chi connectivity index (χ1v) is 5.17. The van der Waals surface area contributed by atoms with Gasteiger partial charge in [0.15, 0.2) is 0 Å². The third-order valence-electron chi connectivity index (χ3n) is 3.19. The summed E-state index contributed by atoms with van der Waals surface area (Å²) >= 11 is 0. The lowest BCUT2D eigenvalue weighted by atomic mass is 10.0. The van der Waals surface area contributed by atoms with E-state index in [1.807, 2.05) is 19.2 Å². The van der Waals surface area contributed by atoms with Gasteiger partial charge in [0.1, 0.15) is 5.82 Å². The lowest BCUT2D eigenvalue weighted by Gasteiger charge is -2.13. The lowest BCUT2D eigenvalue weighted by molar-refractivity contribution is 0.509. The molecule has 0 saturated heterocycles. The second-order valence-electron chi connectivity index (χ2n) is 4.16. The molecule has 1 nitrogen and oxygen atoms in total. The van der Waals surface area contributed by atoms with Crippen LogP contribution in [0.2, 0.25) is 0 Å². The Labute approximate surface area is 84.3 Å². The van der Waals surface area contributed by atoms with E-state index in [-0.39, 0.29) is 5.82 Å². The van der Waals surface area contributed by atoms with Crippen LogP contribution < -0.4 is 5.32 Å². The van der Waals surface area contributed by atoms with Gasteiger partial charge in [0.2, 0.25) is 0 Å². The standard InChI is InChI=1S/C12H16FN/c1-14-12(8-9-12)7-6-10-2-4-11(13)5-3-10/h2-5,14H,6-9H2,1H3. The molecule has 1 aromatic carbocycles. The molecule has 0 amide bonds. The van der Waals surface area contributed by atoms with Crippen LogP contribution >= 0.6 is 0 Å². The molecule has 2 rings (SSSR count). The van der Waals surface area contributed by atoms with E-state index in [1.54, 1.807) is 0 Å². The predicted octanol–water partition coefficient (Wildman–Crippen LogP) is 2.51. The minimum atomic E-state index is -0.150. The largest absolute Gasteiger partial charge is 0.314 e. The number of hydrogen-bond donors (Lipinski definition) is 1. The SMILES string of the molecule is CNC1(CCc2ccc(F)cc2)CC1. The highest BCUT2D eigenvalue weighted by Crippen LogP contribution is 2.38. The number of halogens is 1. The van der Waals surface area contributed by atoms with Crippen molar-refractivity contribution in [3.05, 3.63) is 35.6 Å². The van der Waals surface area contributed by atoms with E-state index in [0.29, 0.717) is 5.54 Å². The summed E-state index contributed by atoms with van der Waals surface area (Å²) in [7, 11) is 2.03. The van der Waals surface area contributed by atoms with Crippen LogP contribution in [0.1, 0.15) is 24.8 Å². The minimum absolute atomic E-state index is 0.150. The molecule has 1 saturated carbocycles.